The van der Waals surface area contributed by atoms with Crippen LogP contribution in [0.2, 0.25) is 0 Å². The van der Waals surface area contributed by atoms with E-state index >= 15 is 0 Å². The van der Waals surface area contributed by atoms with Gasteiger partial charge in [0.25, 0.3) is 0 Å². The average molecular weight is 254 g/mol. The van der Waals surface area contributed by atoms with E-state index < -0.39 is 8.38 Å². The Morgan fingerprint density at radius 3 is 1.53 bits per heavy atom. The van der Waals surface area contributed by atoms with Crippen molar-refractivity contribution in [3.05, 3.63) is 30.3 Å². The lowest BCUT2D eigenvalue weighted by molar-refractivity contribution is 0.0777. The molecule has 0 unspecified atom stereocenters. The van der Waals surface area contributed by atoms with Gasteiger partial charge in [-0.2, -0.15) is 0 Å². The lowest BCUT2D eigenvalue weighted by atomic mass is 10.2. The minimum atomic E-state index is -1.03. The molecule has 0 bridgehead atoms. The fourth-order valence-electron chi connectivity index (χ4n) is 1.17. The number of hydrogen-bond donors (Lipinski definition) is 0. The molecular formula is C14H23O2P. The number of rotatable bonds is 3. The molecule has 96 valence electrons. The summed E-state index contributed by atoms with van der Waals surface area (Å²) >= 11 is 0. The molecule has 0 radical (unpaired) electrons. The molecule has 0 saturated carbocycles. The molecule has 17 heavy (non-hydrogen) atoms. The van der Waals surface area contributed by atoms with E-state index in [4.69, 9.17) is 9.05 Å². The first kappa shape index (κ1) is 14.6. The van der Waals surface area contributed by atoms with Crippen molar-refractivity contribution in [1.29, 1.82) is 0 Å². The van der Waals surface area contributed by atoms with Crippen molar-refractivity contribution >= 4 is 13.7 Å². The molecule has 1 aromatic rings. The standard InChI is InChI=1S/C14H23O2P/c1-13(2,3)15-17(16-14(4,5)6)12-10-8-7-9-11-12/h7-11H,1-6H3. The topological polar surface area (TPSA) is 18.5 Å². The van der Waals surface area contributed by atoms with Crippen LogP contribution in [0.25, 0.3) is 0 Å². The zero-order valence-electron chi connectivity index (χ0n) is 11.7. The Morgan fingerprint density at radius 2 is 1.18 bits per heavy atom. The van der Waals surface area contributed by atoms with E-state index in [1.165, 1.54) is 0 Å². The summed E-state index contributed by atoms with van der Waals surface area (Å²) in [6.07, 6.45) is 0. The summed E-state index contributed by atoms with van der Waals surface area (Å²) in [4.78, 5) is 0. The largest absolute Gasteiger partial charge is 0.325 e. The van der Waals surface area contributed by atoms with E-state index in [0.717, 1.165) is 5.30 Å². The van der Waals surface area contributed by atoms with Gasteiger partial charge in [0.2, 0.25) is 8.38 Å². The Kier molecular flexibility index (Phi) is 4.71. The van der Waals surface area contributed by atoms with Crippen LogP contribution in [0.5, 0.6) is 0 Å². The molecule has 0 aliphatic rings. The average Bonchev–Trinajstić information content (AvgIpc) is 2.14. The van der Waals surface area contributed by atoms with Gasteiger partial charge in [0.1, 0.15) is 0 Å². The maximum absolute atomic E-state index is 6.04. The van der Waals surface area contributed by atoms with Crippen LogP contribution in [0.4, 0.5) is 0 Å². The molecule has 1 aromatic carbocycles. The summed E-state index contributed by atoms with van der Waals surface area (Å²) in [5.74, 6) is 0. The Bertz CT molecular complexity index is 319. The van der Waals surface area contributed by atoms with Gasteiger partial charge in [-0.25, -0.2) is 0 Å². The number of benzene rings is 1. The fourth-order valence-corrected chi connectivity index (χ4v) is 2.83. The van der Waals surface area contributed by atoms with Crippen LogP contribution in [-0.2, 0) is 9.05 Å². The quantitative estimate of drug-likeness (QED) is 0.750. The Labute approximate surface area is 106 Å². The van der Waals surface area contributed by atoms with Crippen LogP contribution in [0.3, 0.4) is 0 Å². The van der Waals surface area contributed by atoms with E-state index in [1.54, 1.807) is 0 Å². The summed E-state index contributed by atoms with van der Waals surface area (Å²) in [6, 6.07) is 10.2. The Morgan fingerprint density at radius 1 is 0.765 bits per heavy atom. The van der Waals surface area contributed by atoms with Crippen molar-refractivity contribution in [2.75, 3.05) is 0 Å². The van der Waals surface area contributed by atoms with Gasteiger partial charge in [-0.3, -0.25) is 0 Å². The van der Waals surface area contributed by atoms with Crippen molar-refractivity contribution < 1.29 is 9.05 Å². The molecule has 0 N–H and O–H groups in total. The molecule has 0 fully saturated rings. The molecule has 0 saturated heterocycles. The zero-order chi connectivity index (χ0) is 13.1. The fraction of sp³-hybridized carbons (Fsp3) is 0.571. The van der Waals surface area contributed by atoms with Gasteiger partial charge in [-0.15, -0.1) is 0 Å². The van der Waals surface area contributed by atoms with Crippen molar-refractivity contribution in [3.8, 4) is 0 Å². The van der Waals surface area contributed by atoms with Crippen molar-refractivity contribution in [3.63, 3.8) is 0 Å². The van der Waals surface area contributed by atoms with E-state index in [-0.39, 0.29) is 11.2 Å². The maximum atomic E-state index is 6.04. The Balaban J connectivity index is 2.87. The molecule has 0 heterocycles. The summed E-state index contributed by atoms with van der Waals surface area (Å²) < 4.78 is 12.1. The molecule has 3 heteroatoms. The highest BCUT2D eigenvalue weighted by atomic mass is 31.2. The minimum Gasteiger partial charge on any atom is -0.325 e. The molecular weight excluding hydrogens is 231 g/mol. The summed E-state index contributed by atoms with van der Waals surface area (Å²) in [7, 11) is -1.03. The maximum Gasteiger partial charge on any atom is 0.206 e. The minimum absolute atomic E-state index is 0.202. The normalized spacial score (nSPS) is 13.1. The second-order valence-electron chi connectivity index (χ2n) is 6.00. The van der Waals surface area contributed by atoms with Gasteiger partial charge in [0, 0.05) is 5.30 Å². The molecule has 2 nitrogen and oxygen atoms in total. The highest BCUT2D eigenvalue weighted by molar-refractivity contribution is 7.56. The van der Waals surface area contributed by atoms with E-state index in [1.807, 2.05) is 18.2 Å². The van der Waals surface area contributed by atoms with Gasteiger partial charge in [0.05, 0.1) is 11.2 Å². The van der Waals surface area contributed by atoms with Crippen molar-refractivity contribution in [2.45, 2.75) is 52.7 Å². The van der Waals surface area contributed by atoms with Gasteiger partial charge >= 0.3 is 0 Å². The summed E-state index contributed by atoms with van der Waals surface area (Å²) in [5.41, 5.74) is -0.403. The molecule has 1 rings (SSSR count). The molecule has 0 aromatic heterocycles. The zero-order valence-corrected chi connectivity index (χ0v) is 12.5. The van der Waals surface area contributed by atoms with Crippen molar-refractivity contribution in [1.82, 2.24) is 0 Å². The predicted molar refractivity (Wildman–Crippen MR) is 74.7 cm³/mol. The van der Waals surface area contributed by atoms with Crippen LogP contribution in [0, 0.1) is 0 Å². The summed E-state index contributed by atoms with van der Waals surface area (Å²) in [6.45, 7) is 12.3. The second-order valence-corrected chi connectivity index (χ2v) is 7.40. The third-order valence-electron chi connectivity index (χ3n) is 1.68. The third-order valence-corrected chi connectivity index (χ3v) is 3.83. The Hall–Kier alpha value is -0.430. The predicted octanol–water partition coefficient (Wildman–Crippen LogP) is 4.25. The van der Waals surface area contributed by atoms with Crippen LogP contribution in [0.15, 0.2) is 30.3 Å². The SMILES string of the molecule is CC(C)(C)OP(OC(C)(C)C)c1ccccc1. The van der Waals surface area contributed by atoms with Gasteiger partial charge in [-0.1, -0.05) is 18.2 Å². The second kappa shape index (κ2) is 5.48. The molecule has 0 atom stereocenters. The van der Waals surface area contributed by atoms with Crippen LogP contribution in [-0.4, -0.2) is 11.2 Å². The highest BCUT2D eigenvalue weighted by Crippen LogP contribution is 2.45. The number of hydrogen-bond acceptors (Lipinski definition) is 2. The first-order chi connectivity index (χ1) is 7.67. The lowest BCUT2D eigenvalue weighted by Crippen LogP contribution is -2.25. The first-order valence-electron chi connectivity index (χ1n) is 5.91. The van der Waals surface area contributed by atoms with E-state index in [0.29, 0.717) is 0 Å². The van der Waals surface area contributed by atoms with Gasteiger partial charge in [0.15, 0.2) is 0 Å². The van der Waals surface area contributed by atoms with Crippen LogP contribution in [0.1, 0.15) is 41.5 Å². The molecule has 0 amide bonds. The monoisotopic (exact) mass is 254 g/mol. The highest BCUT2D eigenvalue weighted by Gasteiger charge is 2.26. The molecule has 0 spiro atoms. The van der Waals surface area contributed by atoms with Crippen LogP contribution >= 0.6 is 8.38 Å². The molecule has 0 aliphatic carbocycles. The van der Waals surface area contributed by atoms with Crippen molar-refractivity contribution in [2.24, 2.45) is 0 Å². The third kappa shape index (κ3) is 6.16. The smallest absolute Gasteiger partial charge is 0.206 e. The lowest BCUT2D eigenvalue weighted by Gasteiger charge is -2.31. The molecule has 0 aliphatic heterocycles. The van der Waals surface area contributed by atoms with Gasteiger partial charge in [-0.05, 0) is 53.7 Å². The summed E-state index contributed by atoms with van der Waals surface area (Å²) in [5, 5.41) is 1.12. The van der Waals surface area contributed by atoms with E-state index in [2.05, 4.69) is 53.7 Å². The van der Waals surface area contributed by atoms with Crippen LogP contribution < -0.4 is 5.30 Å². The van der Waals surface area contributed by atoms with Gasteiger partial charge < -0.3 is 9.05 Å². The first-order valence-corrected chi connectivity index (χ1v) is 7.09. The van der Waals surface area contributed by atoms with E-state index in [9.17, 15) is 0 Å².